The number of hydrogen-bond acceptors (Lipinski definition) is 5. The Morgan fingerprint density at radius 3 is 2.97 bits per heavy atom. The van der Waals surface area contributed by atoms with Crippen LogP contribution >= 0.6 is 0 Å². The van der Waals surface area contributed by atoms with Gasteiger partial charge in [-0.15, -0.1) is 0 Å². The highest BCUT2D eigenvalue weighted by Gasteiger charge is 2.61. The molecule has 8 heteroatoms. The summed E-state index contributed by atoms with van der Waals surface area (Å²) < 4.78 is 25.8. The third-order valence-electron chi connectivity index (χ3n) is 6.44. The average Bonchev–Trinajstić information content (AvgIpc) is 3.14. The number of imidazole rings is 1. The zero-order valence-corrected chi connectivity index (χ0v) is 16.8. The molecule has 1 fully saturated rings. The first kappa shape index (κ1) is 17.7. The number of ether oxygens (including phenoxy) is 2. The van der Waals surface area contributed by atoms with E-state index in [1.165, 1.54) is 12.1 Å². The predicted octanol–water partition coefficient (Wildman–Crippen LogP) is 4.42. The van der Waals surface area contributed by atoms with Gasteiger partial charge in [0.15, 0.2) is 0 Å². The van der Waals surface area contributed by atoms with E-state index in [1.54, 1.807) is 12.3 Å². The number of aromatic amines is 1. The zero-order valence-electron chi connectivity index (χ0n) is 16.8. The normalized spacial score (nSPS) is 22.5. The minimum Gasteiger partial charge on any atom is -0.489 e. The number of halogens is 1. The molecule has 1 saturated carbocycles. The summed E-state index contributed by atoms with van der Waals surface area (Å²) in [7, 11) is 0. The summed E-state index contributed by atoms with van der Waals surface area (Å²) in [5, 5.41) is 2.80. The van der Waals surface area contributed by atoms with E-state index >= 15 is 0 Å². The first-order chi connectivity index (χ1) is 15.6. The van der Waals surface area contributed by atoms with Gasteiger partial charge in [-0.25, -0.2) is 14.4 Å². The topological polar surface area (TPSA) is 89.1 Å². The van der Waals surface area contributed by atoms with Crippen LogP contribution < -0.4 is 14.8 Å². The van der Waals surface area contributed by atoms with Gasteiger partial charge in [-0.2, -0.15) is 0 Å². The van der Waals surface area contributed by atoms with Crippen molar-refractivity contribution in [2.24, 2.45) is 0 Å². The van der Waals surface area contributed by atoms with Gasteiger partial charge in [0.1, 0.15) is 40.8 Å². The zero-order chi connectivity index (χ0) is 21.4. The van der Waals surface area contributed by atoms with Gasteiger partial charge in [0.05, 0.1) is 17.0 Å². The number of amides is 1. The Hall–Kier alpha value is -3.94. The van der Waals surface area contributed by atoms with E-state index in [2.05, 4.69) is 20.3 Å². The molecule has 2 unspecified atom stereocenters. The third-order valence-corrected chi connectivity index (χ3v) is 6.44. The van der Waals surface area contributed by atoms with Crippen LogP contribution in [-0.4, -0.2) is 27.0 Å². The minimum atomic E-state index is -0.287. The SMILES string of the molecule is O=C1CCc2c(Oc3ccc4c(c3)[C@@H]3C(O4)C3c3nc4ccc(F)cc4[nH]3)ccnc2N1. The Balaban J connectivity index is 1.18. The fourth-order valence-electron chi connectivity index (χ4n) is 4.87. The first-order valence-corrected chi connectivity index (χ1v) is 10.6. The monoisotopic (exact) mass is 428 g/mol. The lowest BCUT2D eigenvalue weighted by Gasteiger charge is -2.19. The van der Waals surface area contributed by atoms with Crippen LogP contribution in [0, 0.1) is 5.82 Å². The van der Waals surface area contributed by atoms with Crippen LogP contribution in [0.25, 0.3) is 11.0 Å². The smallest absolute Gasteiger partial charge is 0.225 e. The first-order valence-electron chi connectivity index (χ1n) is 10.6. The second-order valence-corrected chi connectivity index (χ2v) is 8.40. The van der Waals surface area contributed by atoms with Gasteiger partial charge in [0.2, 0.25) is 5.91 Å². The second kappa shape index (κ2) is 6.29. The van der Waals surface area contributed by atoms with Gasteiger partial charge in [0, 0.05) is 29.7 Å². The number of pyridine rings is 1. The summed E-state index contributed by atoms with van der Waals surface area (Å²) in [6.07, 6.45) is 2.67. The maximum atomic E-state index is 13.5. The van der Waals surface area contributed by atoms with Crippen LogP contribution in [0.4, 0.5) is 10.2 Å². The molecule has 2 N–H and O–H groups in total. The molecule has 2 aromatic heterocycles. The van der Waals surface area contributed by atoms with Gasteiger partial charge in [-0.1, -0.05) is 0 Å². The van der Waals surface area contributed by atoms with E-state index in [0.29, 0.717) is 35.7 Å². The number of fused-ring (bicyclic) bond motifs is 5. The Morgan fingerprint density at radius 1 is 1.09 bits per heavy atom. The van der Waals surface area contributed by atoms with Crippen LogP contribution in [0.1, 0.15) is 35.2 Å². The molecule has 0 saturated heterocycles. The van der Waals surface area contributed by atoms with E-state index < -0.39 is 0 Å². The van der Waals surface area contributed by atoms with Gasteiger partial charge in [0.25, 0.3) is 0 Å². The molecule has 4 heterocycles. The summed E-state index contributed by atoms with van der Waals surface area (Å²) in [6, 6.07) is 12.2. The highest BCUT2D eigenvalue weighted by Crippen LogP contribution is 2.63. The van der Waals surface area contributed by atoms with E-state index in [1.807, 2.05) is 24.3 Å². The summed E-state index contributed by atoms with van der Waals surface area (Å²) in [5.41, 5.74) is 3.43. The Morgan fingerprint density at radius 2 is 2.03 bits per heavy atom. The van der Waals surface area contributed by atoms with Crippen LogP contribution in [0.2, 0.25) is 0 Å². The standard InChI is InChI=1S/C24H17FN4O3/c25-11-1-4-15-16(9-11)28-24(27-15)21-20-14-10-12(2-5-17(14)32-22(20)21)31-18-7-8-26-23-13(18)3-6-19(30)29-23/h1-2,4-5,7-10,20-22H,3,6H2,(H,27,28)(H,26,29,30)/t20-,21?,22?/m0/s1. The van der Waals surface area contributed by atoms with E-state index in [-0.39, 0.29) is 29.7 Å². The molecule has 2 aromatic carbocycles. The summed E-state index contributed by atoms with van der Waals surface area (Å²) in [6.45, 7) is 0. The van der Waals surface area contributed by atoms with E-state index in [4.69, 9.17) is 9.47 Å². The van der Waals surface area contributed by atoms with Gasteiger partial charge >= 0.3 is 0 Å². The number of hydrogen-bond donors (Lipinski definition) is 2. The van der Waals surface area contributed by atoms with E-state index in [0.717, 1.165) is 28.2 Å². The van der Waals surface area contributed by atoms with Gasteiger partial charge in [-0.3, -0.25) is 4.79 Å². The fraction of sp³-hybridized carbons (Fsp3) is 0.208. The molecule has 3 aliphatic rings. The largest absolute Gasteiger partial charge is 0.489 e. The Bertz CT molecular complexity index is 1430. The molecule has 0 bridgehead atoms. The lowest BCUT2D eigenvalue weighted by molar-refractivity contribution is -0.116. The number of benzene rings is 2. The molecule has 3 atom stereocenters. The molecule has 0 spiro atoms. The van der Waals surface area contributed by atoms with Crippen molar-refractivity contribution in [3.8, 4) is 17.2 Å². The second-order valence-electron chi connectivity index (χ2n) is 8.40. The molecule has 32 heavy (non-hydrogen) atoms. The molecule has 7 rings (SSSR count). The highest BCUT2D eigenvalue weighted by molar-refractivity contribution is 5.93. The van der Waals surface area contributed by atoms with Crippen molar-refractivity contribution < 1.29 is 18.7 Å². The van der Waals surface area contributed by atoms with Crippen molar-refractivity contribution in [2.75, 3.05) is 5.32 Å². The van der Waals surface area contributed by atoms with Gasteiger partial charge in [-0.05, 0) is 48.9 Å². The molecule has 1 aliphatic carbocycles. The lowest BCUT2D eigenvalue weighted by atomic mass is 10.1. The summed E-state index contributed by atoms with van der Waals surface area (Å²) in [4.78, 5) is 23.8. The number of rotatable bonds is 3. The number of nitrogens with one attached hydrogen (secondary N) is 2. The number of anilines is 1. The Labute approximate surface area is 181 Å². The number of H-pyrrole nitrogens is 1. The molecule has 4 aromatic rings. The highest BCUT2D eigenvalue weighted by atomic mass is 19.1. The third kappa shape index (κ3) is 2.62. The number of carbonyl (C=O) groups is 1. The molecule has 2 aliphatic heterocycles. The van der Waals surface area contributed by atoms with Crippen LogP contribution in [0.15, 0.2) is 48.7 Å². The molecule has 7 nitrogen and oxygen atoms in total. The summed E-state index contributed by atoms with van der Waals surface area (Å²) in [5.74, 6) is 3.61. The number of nitrogens with zero attached hydrogens (tertiary/aromatic N) is 2. The number of carbonyl (C=O) groups excluding carboxylic acids is 1. The van der Waals surface area contributed by atoms with Crippen molar-refractivity contribution in [2.45, 2.75) is 30.8 Å². The van der Waals surface area contributed by atoms with Crippen molar-refractivity contribution >= 4 is 22.8 Å². The molecule has 158 valence electrons. The maximum absolute atomic E-state index is 13.5. The predicted molar refractivity (Wildman–Crippen MR) is 114 cm³/mol. The molecule has 0 radical (unpaired) electrons. The van der Waals surface area contributed by atoms with Crippen LogP contribution in [0.5, 0.6) is 17.2 Å². The summed E-state index contributed by atoms with van der Waals surface area (Å²) >= 11 is 0. The maximum Gasteiger partial charge on any atom is 0.225 e. The minimum absolute atomic E-state index is 0.0227. The fourth-order valence-corrected chi connectivity index (χ4v) is 4.87. The molecule has 1 amide bonds. The lowest BCUT2D eigenvalue weighted by Crippen LogP contribution is -2.20. The van der Waals surface area contributed by atoms with Crippen molar-refractivity contribution in [1.29, 1.82) is 0 Å². The Kier molecular flexibility index (Phi) is 3.48. The quantitative estimate of drug-likeness (QED) is 0.504. The average molecular weight is 428 g/mol. The molecular weight excluding hydrogens is 411 g/mol. The van der Waals surface area contributed by atoms with Crippen LogP contribution in [0.3, 0.4) is 0 Å². The van der Waals surface area contributed by atoms with Crippen LogP contribution in [-0.2, 0) is 11.2 Å². The van der Waals surface area contributed by atoms with E-state index in [9.17, 15) is 9.18 Å². The number of aromatic nitrogens is 3. The van der Waals surface area contributed by atoms with Crippen molar-refractivity contribution in [3.63, 3.8) is 0 Å². The van der Waals surface area contributed by atoms with Crippen molar-refractivity contribution in [1.82, 2.24) is 15.0 Å². The van der Waals surface area contributed by atoms with Crippen molar-refractivity contribution in [3.05, 3.63) is 71.4 Å². The van der Waals surface area contributed by atoms with Gasteiger partial charge < -0.3 is 19.8 Å². The molecular formula is C24H17FN4O3.